The van der Waals surface area contributed by atoms with Crippen LogP contribution in [0.3, 0.4) is 0 Å². The first kappa shape index (κ1) is 21.4. The summed E-state index contributed by atoms with van der Waals surface area (Å²) in [7, 11) is 4.33. The molecule has 0 bridgehead atoms. The highest BCUT2D eigenvalue weighted by Crippen LogP contribution is 2.31. The molecule has 0 aromatic heterocycles. The van der Waals surface area contributed by atoms with E-state index in [1.165, 1.54) is 21.3 Å². The van der Waals surface area contributed by atoms with Crippen LogP contribution in [0.5, 0.6) is 17.2 Å². The van der Waals surface area contributed by atoms with E-state index in [0.29, 0.717) is 27.8 Å². The van der Waals surface area contributed by atoms with E-state index in [9.17, 15) is 9.59 Å². The van der Waals surface area contributed by atoms with E-state index >= 15 is 0 Å². The number of nitrogens with one attached hydrogen (secondary N) is 1. The van der Waals surface area contributed by atoms with Gasteiger partial charge in [-0.3, -0.25) is 9.59 Å². The summed E-state index contributed by atoms with van der Waals surface area (Å²) in [4.78, 5) is 24.1. The zero-order valence-electron chi connectivity index (χ0n) is 15.9. The highest BCUT2D eigenvalue weighted by Gasteiger charge is 2.21. The predicted molar refractivity (Wildman–Crippen MR) is 104 cm³/mol. The first-order valence-corrected chi connectivity index (χ1v) is 8.81. The van der Waals surface area contributed by atoms with E-state index in [-0.39, 0.29) is 13.0 Å². The van der Waals surface area contributed by atoms with Crippen molar-refractivity contribution < 1.29 is 28.5 Å². The molecule has 0 heterocycles. The molecule has 0 aliphatic rings. The number of hydrogen-bond donors (Lipinski definition) is 1. The molecular weight excluding hydrogens is 386 g/mol. The van der Waals surface area contributed by atoms with Crippen LogP contribution < -0.4 is 19.5 Å². The molecule has 1 amide bonds. The lowest BCUT2D eigenvalue weighted by Gasteiger charge is -2.20. The summed E-state index contributed by atoms with van der Waals surface area (Å²) in [6.45, 7) is -0.216. The molecule has 150 valence electrons. The number of methoxy groups -OCH3 is 3. The quantitative estimate of drug-likeness (QED) is 0.643. The first-order valence-electron chi connectivity index (χ1n) is 8.43. The molecule has 7 nitrogen and oxygen atoms in total. The van der Waals surface area contributed by atoms with Gasteiger partial charge in [-0.15, -0.1) is 0 Å². The summed E-state index contributed by atoms with van der Waals surface area (Å²) in [5.74, 6) is 0.689. The lowest BCUT2D eigenvalue weighted by atomic mass is 10.0. The van der Waals surface area contributed by atoms with Crippen LogP contribution in [0.15, 0.2) is 42.5 Å². The summed E-state index contributed by atoms with van der Waals surface area (Å²) in [5.41, 5.74) is 0.669. The summed E-state index contributed by atoms with van der Waals surface area (Å²) in [6, 6.07) is 11.2. The van der Waals surface area contributed by atoms with E-state index in [4.69, 9.17) is 30.5 Å². The van der Waals surface area contributed by atoms with Crippen molar-refractivity contribution in [2.24, 2.45) is 0 Å². The minimum Gasteiger partial charge on any atom is -0.493 e. The number of ether oxygens (including phenoxy) is 4. The van der Waals surface area contributed by atoms with Crippen molar-refractivity contribution >= 4 is 23.5 Å². The van der Waals surface area contributed by atoms with Gasteiger partial charge < -0.3 is 24.3 Å². The number of carbonyl (C=O) groups is 2. The number of benzene rings is 2. The maximum absolute atomic E-state index is 12.3. The minimum absolute atomic E-state index is 0.0430. The van der Waals surface area contributed by atoms with Gasteiger partial charge in [0.2, 0.25) is 0 Å². The molecule has 0 aliphatic carbocycles. The molecule has 1 unspecified atom stereocenters. The molecule has 28 heavy (non-hydrogen) atoms. The van der Waals surface area contributed by atoms with Gasteiger partial charge in [-0.2, -0.15) is 0 Å². The van der Waals surface area contributed by atoms with E-state index in [0.717, 1.165) is 0 Å². The van der Waals surface area contributed by atoms with Crippen molar-refractivity contribution in [1.29, 1.82) is 0 Å². The zero-order valence-corrected chi connectivity index (χ0v) is 16.6. The Morgan fingerprint density at radius 2 is 1.68 bits per heavy atom. The SMILES string of the molecule is COC(=O)CC(NC(=O)COc1ccc(Cl)cc1)c1ccc(OC)c(OC)c1. The normalized spacial score (nSPS) is 11.3. The predicted octanol–water partition coefficient (Wildman–Crippen LogP) is 3.16. The van der Waals surface area contributed by atoms with Gasteiger partial charge in [0.25, 0.3) is 5.91 Å². The van der Waals surface area contributed by atoms with Gasteiger partial charge in [-0.25, -0.2) is 0 Å². The number of halogens is 1. The number of amides is 1. The van der Waals surface area contributed by atoms with Crippen molar-refractivity contribution in [2.75, 3.05) is 27.9 Å². The van der Waals surface area contributed by atoms with Crippen LogP contribution in [-0.2, 0) is 14.3 Å². The van der Waals surface area contributed by atoms with E-state index in [1.807, 2.05) is 0 Å². The Kier molecular flexibility index (Phi) is 7.95. The van der Waals surface area contributed by atoms with Gasteiger partial charge in [0.1, 0.15) is 5.75 Å². The standard InChI is InChI=1S/C20H22ClNO6/c1-25-17-9-4-13(10-18(17)26-2)16(11-20(24)27-3)22-19(23)12-28-15-7-5-14(21)6-8-15/h4-10,16H,11-12H2,1-3H3,(H,22,23). The fraction of sp³-hybridized carbons (Fsp3) is 0.300. The third kappa shape index (κ3) is 6.06. The Morgan fingerprint density at radius 3 is 2.29 bits per heavy atom. The molecule has 2 aromatic carbocycles. The highest BCUT2D eigenvalue weighted by atomic mass is 35.5. The maximum Gasteiger partial charge on any atom is 0.307 e. The van der Waals surface area contributed by atoms with Gasteiger partial charge in [-0.05, 0) is 42.0 Å². The molecular formula is C20H22ClNO6. The Labute approximate surface area is 168 Å². The molecule has 0 saturated carbocycles. The van der Waals surface area contributed by atoms with Gasteiger partial charge in [-0.1, -0.05) is 17.7 Å². The van der Waals surface area contributed by atoms with Crippen molar-refractivity contribution in [3.05, 3.63) is 53.1 Å². The second kappa shape index (κ2) is 10.4. The summed E-state index contributed by atoms with van der Waals surface area (Å²) in [5, 5.41) is 3.35. The third-order valence-corrected chi connectivity index (χ3v) is 4.18. The highest BCUT2D eigenvalue weighted by molar-refractivity contribution is 6.30. The number of esters is 1. The monoisotopic (exact) mass is 407 g/mol. The molecule has 0 spiro atoms. The Balaban J connectivity index is 2.10. The third-order valence-electron chi connectivity index (χ3n) is 3.93. The largest absolute Gasteiger partial charge is 0.493 e. The summed E-state index contributed by atoms with van der Waals surface area (Å²) < 4.78 is 20.7. The number of hydrogen-bond acceptors (Lipinski definition) is 6. The average Bonchev–Trinajstić information content (AvgIpc) is 2.72. The summed E-state index contributed by atoms with van der Waals surface area (Å²) >= 11 is 5.82. The number of rotatable bonds is 9. The van der Waals surface area contributed by atoms with Crippen LogP contribution in [0.2, 0.25) is 5.02 Å². The van der Waals surface area contributed by atoms with Crippen molar-refractivity contribution in [1.82, 2.24) is 5.32 Å². The first-order chi connectivity index (χ1) is 13.5. The lowest BCUT2D eigenvalue weighted by molar-refractivity contribution is -0.141. The summed E-state index contributed by atoms with van der Waals surface area (Å²) in [6.07, 6.45) is -0.0430. The average molecular weight is 408 g/mol. The fourth-order valence-electron chi connectivity index (χ4n) is 2.49. The van der Waals surface area contributed by atoms with Crippen LogP contribution in [0.25, 0.3) is 0 Å². The van der Waals surface area contributed by atoms with Crippen LogP contribution in [0.4, 0.5) is 0 Å². The molecule has 2 aromatic rings. The topological polar surface area (TPSA) is 83.1 Å². The Hall–Kier alpha value is -2.93. The Morgan fingerprint density at radius 1 is 1.00 bits per heavy atom. The molecule has 2 rings (SSSR count). The fourth-order valence-corrected chi connectivity index (χ4v) is 2.61. The van der Waals surface area contributed by atoms with Crippen LogP contribution in [0.1, 0.15) is 18.0 Å². The van der Waals surface area contributed by atoms with E-state index in [1.54, 1.807) is 42.5 Å². The zero-order chi connectivity index (χ0) is 20.5. The molecule has 0 saturated heterocycles. The molecule has 1 N–H and O–H groups in total. The second-order valence-electron chi connectivity index (χ2n) is 5.76. The van der Waals surface area contributed by atoms with Crippen LogP contribution in [-0.4, -0.2) is 39.8 Å². The number of carbonyl (C=O) groups excluding carboxylic acids is 2. The van der Waals surface area contributed by atoms with Crippen LogP contribution in [0, 0.1) is 0 Å². The van der Waals surface area contributed by atoms with E-state index < -0.39 is 17.9 Å². The molecule has 0 aliphatic heterocycles. The van der Waals surface area contributed by atoms with Crippen molar-refractivity contribution in [2.45, 2.75) is 12.5 Å². The van der Waals surface area contributed by atoms with Gasteiger partial charge in [0.05, 0.1) is 33.8 Å². The molecule has 0 fully saturated rings. The van der Waals surface area contributed by atoms with Gasteiger partial charge in [0.15, 0.2) is 18.1 Å². The molecule has 0 radical (unpaired) electrons. The van der Waals surface area contributed by atoms with E-state index in [2.05, 4.69) is 5.32 Å². The minimum atomic E-state index is -0.617. The van der Waals surface area contributed by atoms with Crippen LogP contribution >= 0.6 is 11.6 Å². The second-order valence-corrected chi connectivity index (χ2v) is 6.19. The lowest BCUT2D eigenvalue weighted by Crippen LogP contribution is -2.34. The van der Waals surface area contributed by atoms with Gasteiger partial charge >= 0.3 is 5.97 Å². The Bertz CT molecular complexity index is 809. The van der Waals surface area contributed by atoms with Crippen molar-refractivity contribution in [3.8, 4) is 17.2 Å². The molecule has 1 atom stereocenters. The maximum atomic E-state index is 12.3. The molecule has 8 heteroatoms. The smallest absolute Gasteiger partial charge is 0.307 e. The van der Waals surface area contributed by atoms with Gasteiger partial charge in [0, 0.05) is 5.02 Å². The van der Waals surface area contributed by atoms with Crippen molar-refractivity contribution in [3.63, 3.8) is 0 Å².